The van der Waals surface area contributed by atoms with Gasteiger partial charge in [0, 0.05) is 52.1 Å². The lowest BCUT2D eigenvalue weighted by molar-refractivity contribution is 0.0778. The van der Waals surface area contributed by atoms with Gasteiger partial charge in [-0.2, -0.15) is 0 Å². The maximum Gasteiger partial charge on any atom is 0.414 e. The van der Waals surface area contributed by atoms with Gasteiger partial charge in [-0.3, -0.25) is 4.72 Å². The van der Waals surface area contributed by atoms with Gasteiger partial charge >= 0.3 is 6.09 Å². The first-order valence-electron chi connectivity index (χ1n) is 10.5. The van der Waals surface area contributed by atoms with Crippen LogP contribution in [0.25, 0.3) is 0 Å². The fraction of sp³-hybridized carbons (Fsp3) is 0.476. The molecule has 2 N–H and O–H groups in total. The van der Waals surface area contributed by atoms with Crippen molar-refractivity contribution < 1.29 is 19.0 Å². The Morgan fingerprint density at radius 2 is 1.88 bits per heavy atom. The number of aryl methyl sites for hydroxylation is 1. The number of nitrogens with zero attached hydrogens (tertiary/aromatic N) is 5. The summed E-state index contributed by atoms with van der Waals surface area (Å²) in [4.78, 5) is 25.9. The van der Waals surface area contributed by atoms with E-state index in [1.54, 1.807) is 19.2 Å². The van der Waals surface area contributed by atoms with Crippen molar-refractivity contribution in [1.82, 2.24) is 14.7 Å². The van der Waals surface area contributed by atoms with Crippen molar-refractivity contribution in [2.75, 3.05) is 66.8 Å². The number of ether oxygens (including phenoxy) is 1. The lowest BCUT2D eigenvalue weighted by Crippen LogP contribution is -2.52. The van der Waals surface area contributed by atoms with E-state index >= 15 is 4.39 Å². The van der Waals surface area contributed by atoms with Gasteiger partial charge in [-0.05, 0) is 30.0 Å². The first kappa shape index (κ1) is 22.4. The molecule has 1 amide bonds. The minimum Gasteiger partial charge on any atom is -0.464 e. The van der Waals surface area contributed by atoms with Gasteiger partial charge in [0.1, 0.15) is 5.82 Å². The Bertz CT molecular complexity index is 920. The zero-order valence-corrected chi connectivity index (χ0v) is 18.7. The lowest BCUT2D eigenvalue weighted by atomic mass is 10.1. The number of piperazine rings is 1. The Morgan fingerprint density at radius 1 is 1.19 bits per heavy atom. The van der Waals surface area contributed by atoms with Crippen molar-refractivity contribution in [3.8, 4) is 0 Å². The van der Waals surface area contributed by atoms with Crippen LogP contribution in [0.5, 0.6) is 0 Å². The van der Waals surface area contributed by atoms with E-state index in [0.717, 1.165) is 49.8 Å². The highest BCUT2D eigenvalue weighted by Gasteiger charge is 2.28. The third-order valence-electron chi connectivity index (χ3n) is 5.77. The van der Waals surface area contributed by atoms with Gasteiger partial charge in [-0.25, -0.2) is 19.2 Å². The molecule has 2 aliphatic rings. The molecule has 2 saturated heterocycles. The fourth-order valence-corrected chi connectivity index (χ4v) is 4.42. The molecule has 2 aliphatic heterocycles. The normalized spacial score (nSPS) is 16.8. The SMILES string of the molecule is COC1CN(c2ncc(N3CCN(c4cccc(CCSNC(=O)O)c4F)CC3)cn2)C1. The topological polar surface area (TPSA) is 94.1 Å². The van der Waals surface area contributed by atoms with E-state index in [-0.39, 0.29) is 11.9 Å². The molecule has 0 aliphatic carbocycles. The smallest absolute Gasteiger partial charge is 0.414 e. The predicted octanol–water partition coefficient (Wildman–Crippen LogP) is 2.24. The first-order valence-corrected chi connectivity index (χ1v) is 11.5. The van der Waals surface area contributed by atoms with Gasteiger partial charge in [-0.15, -0.1) is 0 Å². The molecule has 32 heavy (non-hydrogen) atoms. The summed E-state index contributed by atoms with van der Waals surface area (Å²) in [6, 6.07) is 5.41. The summed E-state index contributed by atoms with van der Waals surface area (Å²) < 4.78 is 22.6. The minimum atomic E-state index is -1.09. The molecule has 11 heteroatoms. The summed E-state index contributed by atoms with van der Waals surface area (Å²) in [6.45, 7) is 4.51. The second-order valence-corrected chi connectivity index (χ2v) is 8.64. The van der Waals surface area contributed by atoms with Crippen LogP contribution in [0, 0.1) is 5.82 Å². The van der Waals surface area contributed by atoms with Crippen LogP contribution >= 0.6 is 11.9 Å². The number of nitrogens with one attached hydrogen (secondary N) is 1. The molecule has 4 rings (SSSR count). The van der Waals surface area contributed by atoms with Crippen LogP contribution in [0.2, 0.25) is 0 Å². The number of hydrogen-bond acceptors (Lipinski definition) is 8. The average molecular weight is 463 g/mol. The van der Waals surface area contributed by atoms with Gasteiger partial charge < -0.3 is 24.5 Å². The van der Waals surface area contributed by atoms with Crippen LogP contribution in [-0.2, 0) is 11.2 Å². The summed E-state index contributed by atoms with van der Waals surface area (Å²) in [5.41, 5.74) is 2.15. The summed E-state index contributed by atoms with van der Waals surface area (Å²) in [5.74, 6) is 0.963. The highest BCUT2D eigenvalue weighted by molar-refractivity contribution is 7.97. The van der Waals surface area contributed by atoms with Gasteiger partial charge in [0.2, 0.25) is 5.95 Å². The standard InChI is InChI=1S/C21H27FN6O3S/c1-31-17-13-28(14-17)20-23-11-16(12-24-20)26-6-8-27(9-7-26)18-4-2-3-15(19(18)22)5-10-32-25-21(29)30/h2-4,11-12,17,25H,5-10,13-14H2,1H3,(H,29,30). The Labute approximate surface area is 190 Å². The third-order valence-corrected chi connectivity index (χ3v) is 6.49. The average Bonchev–Trinajstić information content (AvgIpc) is 2.77. The minimum absolute atomic E-state index is 0.228. The molecule has 3 heterocycles. The molecule has 0 bridgehead atoms. The van der Waals surface area contributed by atoms with Crippen molar-refractivity contribution >= 4 is 35.4 Å². The number of methoxy groups -OCH3 is 1. The number of hydrogen-bond donors (Lipinski definition) is 2. The quantitative estimate of drug-likeness (QED) is 0.452. The van der Waals surface area contributed by atoms with E-state index in [0.29, 0.717) is 36.5 Å². The number of benzene rings is 1. The van der Waals surface area contributed by atoms with Crippen LogP contribution < -0.4 is 19.4 Å². The predicted molar refractivity (Wildman–Crippen MR) is 123 cm³/mol. The molecule has 0 atom stereocenters. The van der Waals surface area contributed by atoms with Crippen molar-refractivity contribution in [1.29, 1.82) is 0 Å². The maximum atomic E-state index is 15.0. The monoisotopic (exact) mass is 462 g/mol. The Hall–Kier alpha value is -2.79. The molecule has 1 aromatic carbocycles. The summed E-state index contributed by atoms with van der Waals surface area (Å²) in [5, 5.41) is 8.62. The van der Waals surface area contributed by atoms with Crippen LogP contribution in [0.4, 0.5) is 26.5 Å². The molecule has 0 radical (unpaired) electrons. The largest absolute Gasteiger partial charge is 0.464 e. The second-order valence-electron chi connectivity index (χ2n) is 7.73. The van der Waals surface area contributed by atoms with Crippen molar-refractivity contribution in [3.63, 3.8) is 0 Å². The van der Waals surface area contributed by atoms with E-state index in [4.69, 9.17) is 9.84 Å². The summed E-state index contributed by atoms with van der Waals surface area (Å²) in [7, 11) is 1.72. The van der Waals surface area contributed by atoms with Gasteiger partial charge in [0.25, 0.3) is 0 Å². The zero-order valence-electron chi connectivity index (χ0n) is 17.9. The highest BCUT2D eigenvalue weighted by atomic mass is 32.2. The second kappa shape index (κ2) is 10.2. The number of carbonyl (C=O) groups is 1. The Kier molecular flexibility index (Phi) is 7.15. The van der Waals surface area contributed by atoms with E-state index in [1.807, 2.05) is 18.5 Å². The van der Waals surface area contributed by atoms with E-state index in [9.17, 15) is 4.79 Å². The van der Waals surface area contributed by atoms with Gasteiger partial charge in [0.15, 0.2) is 0 Å². The van der Waals surface area contributed by atoms with Crippen molar-refractivity contribution in [2.45, 2.75) is 12.5 Å². The molecule has 1 aromatic heterocycles. The van der Waals surface area contributed by atoms with Gasteiger partial charge in [0.05, 0.1) is 29.9 Å². The third kappa shape index (κ3) is 5.16. The molecular weight excluding hydrogens is 435 g/mol. The van der Waals surface area contributed by atoms with E-state index in [2.05, 4.69) is 29.4 Å². The molecule has 172 valence electrons. The molecule has 0 spiro atoms. The van der Waals surface area contributed by atoms with Crippen molar-refractivity contribution in [2.24, 2.45) is 0 Å². The molecular formula is C21H27FN6O3S. The van der Waals surface area contributed by atoms with Gasteiger partial charge in [-0.1, -0.05) is 12.1 Å². The maximum absolute atomic E-state index is 15.0. The summed E-state index contributed by atoms with van der Waals surface area (Å²) in [6.07, 6.45) is 3.31. The van der Waals surface area contributed by atoms with Crippen LogP contribution in [0.3, 0.4) is 0 Å². The number of halogens is 1. The molecule has 9 nitrogen and oxygen atoms in total. The Morgan fingerprint density at radius 3 is 2.53 bits per heavy atom. The van der Waals surface area contributed by atoms with E-state index in [1.165, 1.54) is 0 Å². The first-order chi connectivity index (χ1) is 15.5. The van der Waals surface area contributed by atoms with Crippen LogP contribution in [0.1, 0.15) is 5.56 Å². The molecule has 2 fully saturated rings. The molecule has 2 aromatic rings. The highest BCUT2D eigenvalue weighted by Crippen LogP contribution is 2.26. The molecule has 0 unspecified atom stereocenters. The fourth-order valence-electron chi connectivity index (χ4n) is 3.87. The van der Waals surface area contributed by atoms with Crippen LogP contribution in [0.15, 0.2) is 30.6 Å². The number of aromatic nitrogens is 2. The number of carboxylic acid groups (broad SMARTS) is 1. The number of rotatable bonds is 8. The van der Waals surface area contributed by atoms with E-state index < -0.39 is 6.09 Å². The van der Waals surface area contributed by atoms with Crippen molar-refractivity contribution in [3.05, 3.63) is 42.0 Å². The lowest BCUT2D eigenvalue weighted by Gasteiger charge is -2.39. The zero-order chi connectivity index (χ0) is 22.5. The summed E-state index contributed by atoms with van der Waals surface area (Å²) >= 11 is 1.06. The molecule has 0 saturated carbocycles. The number of amides is 1. The number of anilines is 3. The van der Waals surface area contributed by atoms with Crippen LogP contribution in [-0.4, -0.2) is 79.4 Å². The Balaban J connectivity index is 1.31.